The highest BCUT2D eigenvalue weighted by Gasteiger charge is 2.35. The largest absolute Gasteiger partial charge is 0.506 e. The first-order valence-electron chi connectivity index (χ1n) is 9.77. The molecule has 0 radical (unpaired) electrons. The molecule has 5 rings (SSSR count). The molecule has 0 spiro atoms. The maximum Gasteiger partial charge on any atom is 0.251 e. The van der Waals surface area contributed by atoms with E-state index in [4.69, 9.17) is 0 Å². The van der Waals surface area contributed by atoms with Crippen molar-refractivity contribution < 1.29 is 18.7 Å². The van der Waals surface area contributed by atoms with E-state index < -0.39 is 11.6 Å². The van der Waals surface area contributed by atoms with Crippen molar-refractivity contribution >= 4 is 39.5 Å². The van der Waals surface area contributed by atoms with E-state index in [1.807, 2.05) is 12.1 Å². The first kappa shape index (κ1) is 20.3. The zero-order chi connectivity index (χ0) is 21.7. The molecule has 1 saturated carbocycles. The Bertz CT molecular complexity index is 1220. The predicted molar refractivity (Wildman–Crippen MR) is 120 cm³/mol. The second-order valence-electron chi connectivity index (χ2n) is 7.70. The summed E-state index contributed by atoms with van der Waals surface area (Å²) >= 11 is 4.23. The molecule has 3 aromatic rings. The topological polar surface area (TPSA) is 61.4 Å². The van der Waals surface area contributed by atoms with E-state index in [1.54, 1.807) is 24.3 Å². The fraction of sp³-hybridized carbons (Fsp3) is 0.174. The average molecular weight is 503 g/mol. The molecule has 3 N–H and O–H groups in total. The van der Waals surface area contributed by atoms with Gasteiger partial charge < -0.3 is 15.1 Å². The number of anilines is 1. The molecule has 0 saturated heterocycles. The molecule has 4 nitrogen and oxygen atoms in total. The number of carbonyl (C=O) groups is 1. The van der Waals surface area contributed by atoms with Gasteiger partial charge in [0, 0.05) is 17.2 Å². The molecular weight excluding hydrogens is 486 g/mol. The van der Waals surface area contributed by atoms with E-state index in [9.17, 15) is 18.7 Å². The van der Waals surface area contributed by atoms with Crippen LogP contribution >= 0.6 is 27.9 Å². The zero-order valence-corrected chi connectivity index (χ0v) is 18.5. The number of phenolic OH excluding ortho intramolecular Hbond substituents is 1. The van der Waals surface area contributed by atoms with Crippen LogP contribution < -0.4 is 10.0 Å². The number of benzene rings is 3. The van der Waals surface area contributed by atoms with Crippen molar-refractivity contribution in [3.8, 4) is 16.9 Å². The summed E-state index contributed by atoms with van der Waals surface area (Å²) < 4.78 is 32.6. The third-order valence-electron chi connectivity index (χ3n) is 5.58. The van der Waals surface area contributed by atoms with Crippen molar-refractivity contribution in [1.82, 2.24) is 5.32 Å². The summed E-state index contributed by atoms with van der Waals surface area (Å²) in [4.78, 5) is 13.5. The Labute approximate surface area is 190 Å². The van der Waals surface area contributed by atoms with Gasteiger partial charge in [0.2, 0.25) is 0 Å². The van der Waals surface area contributed by atoms with Gasteiger partial charge in [-0.2, -0.15) is 0 Å². The lowest BCUT2D eigenvalue weighted by Crippen LogP contribution is -2.30. The second-order valence-corrected chi connectivity index (χ2v) is 9.40. The molecular formula is C23H17BrF2N2O2S. The summed E-state index contributed by atoms with van der Waals surface area (Å²) in [7, 11) is 0. The lowest BCUT2D eigenvalue weighted by Gasteiger charge is -2.22. The Balaban J connectivity index is 1.74. The van der Waals surface area contributed by atoms with Crippen molar-refractivity contribution in [2.24, 2.45) is 5.92 Å². The minimum Gasteiger partial charge on any atom is -0.506 e. The summed E-state index contributed by atoms with van der Waals surface area (Å²) in [5, 5.41) is 13.5. The molecule has 1 amide bonds. The predicted octanol–water partition coefficient (Wildman–Crippen LogP) is 6.41. The van der Waals surface area contributed by atoms with Crippen LogP contribution in [0.25, 0.3) is 11.1 Å². The lowest BCUT2D eigenvalue weighted by molar-refractivity contribution is 0.0931. The molecule has 1 fully saturated rings. The first-order chi connectivity index (χ1) is 14.9. The van der Waals surface area contributed by atoms with Gasteiger partial charge in [0.05, 0.1) is 21.1 Å². The molecule has 1 aliphatic carbocycles. The van der Waals surface area contributed by atoms with Gasteiger partial charge in [-0.25, -0.2) is 8.78 Å². The quantitative estimate of drug-likeness (QED) is 0.336. The van der Waals surface area contributed by atoms with Crippen LogP contribution in [0.4, 0.5) is 14.5 Å². The zero-order valence-electron chi connectivity index (χ0n) is 16.1. The Morgan fingerprint density at radius 3 is 2.58 bits per heavy atom. The molecule has 2 aliphatic rings. The first-order valence-corrected chi connectivity index (χ1v) is 11.4. The van der Waals surface area contributed by atoms with Gasteiger partial charge in [0.25, 0.3) is 5.91 Å². The minimum atomic E-state index is -0.747. The SMILES string of the molecule is O=C1NC(C2CC2)c2ccccc2-c2cc(c(F)cc2F)NSc2cc1cc(Br)c2O. The van der Waals surface area contributed by atoms with Gasteiger partial charge in [-0.3, -0.25) is 4.79 Å². The molecule has 3 aromatic carbocycles. The standard InChI is InChI=1S/C23H17BrF2N2O2S/c24-16-7-12-8-20(22(16)29)31-28-19-9-15(17(25)10-18(19)26)13-3-1-2-4-14(13)21(11-5-6-11)27-23(12)30/h1-4,7-11,21,28-29H,5-6H2,(H,27,30). The van der Waals surface area contributed by atoms with Crippen LogP contribution in [-0.4, -0.2) is 11.0 Å². The molecule has 1 heterocycles. The molecule has 1 unspecified atom stereocenters. The Morgan fingerprint density at radius 1 is 1.03 bits per heavy atom. The molecule has 1 atom stereocenters. The smallest absolute Gasteiger partial charge is 0.251 e. The van der Waals surface area contributed by atoms with Crippen LogP contribution in [0.15, 0.2) is 57.9 Å². The van der Waals surface area contributed by atoms with Crippen LogP contribution in [0.3, 0.4) is 0 Å². The summed E-state index contributed by atoms with van der Waals surface area (Å²) in [6.07, 6.45) is 1.91. The number of phenols is 1. The number of amides is 1. The highest BCUT2D eigenvalue weighted by Crippen LogP contribution is 2.45. The van der Waals surface area contributed by atoms with Gasteiger partial charge in [0.1, 0.15) is 17.4 Å². The van der Waals surface area contributed by atoms with Crippen LogP contribution in [0.2, 0.25) is 0 Å². The summed E-state index contributed by atoms with van der Waals surface area (Å²) in [6.45, 7) is 0. The van der Waals surface area contributed by atoms with E-state index in [2.05, 4.69) is 26.0 Å². The number of hydrogen-bond donors (Lipinski definition) is 3. The Morgan fingerprint density at radius 2 is 1.81 bits per heavy atom. The summed E-state index contributed by atoms with van der Waals surface area (Å²) in [6, 6.07) is 12.4. The third kappa shape index (κ3) is 3.78. The van der Waals surface area contributed by atoms with Crippen molar-refractivity contribution in [3.63, 3.8) is 0 Å². The monoisotopic (exact) mass is 502 g/mol. The molecule has 0 aromatic heterocycles. The van der Waals surface area contributed by atoms with Crippen LogP contribution in [0.1, 0.15) is 34.8 Å². The molecule has 8 heteroatoms. The Kier molecular flexibility index (Phi) is 5.14. The maximum atomic E-state index is 14.9. The number of carbonyl (C=O) groups excluding carboxylic acids is 1. The van der Waals surface area contributed by atoms with Crippen molar-refractivity contribution in [1.29, 1.82) is 0 Å². The van der Waals surface area contributed by atoms with Crippen molar-refractivity contribution in [2.75, 3.05) is 4.72 Å². The van der Waals surface area contributed by atoms with Crippen LogP contribution in [-0.2, 0) is 0 Å². The van der Waals surface area contributed by atoms with E-state index in [1.165, 1.54) is 6.07 Å². The van der Waals surface area contributed by atoms with Gasteiger partial charge in [-0.1, -0.05) is 24.3 Å². The van der Waals surface area contributed by atoms with Gasteiger partial charge in [0.15, 0.2) is 0 Å². The summed E-state index contributed by atoms with van der Waals surface area (Å²) in [5.41, 5.74) is 2.09. The van der Waals surface area contributed by atoms with Gasteiger partial charge >= 0.3 is 0 Å². The number of halogens is 3. The van der Waals surface area contributed by atoms with Gasteiger partial charge in [-0.15, -0.1) is 0 Å². The van der Waals surface area contributed by atoms with E-state index in [0.29, 0.717) is 20.5 Å². The fourth-order valence-corrected chi connectivity index (χ4v) is 5.20. The number of nitrogens with one attached hydrogen (secondary N) is 2. The van der Waals surface area contributed by atoms with E-state index >= 15 is 0 Å². The second kappa shape index (κ2) is 7.84. The van der Waals surface area contributed by atoms with Gasteiger partial charge in [-0.05, 0) is 76.0 Å². The molecule has 1 aliphatic heterocycles. The number of fused-ring (bicyclic) bond motifs is 6. The van der Waals surface area contributed by atoms with E-state index in [0.717, 1.165) is 36.4 Å². The summed E-state index contributed by atoms with van der Waals surface area (Å²) in [5.74, 6) is -1.56. The van der Waals surface area contributed by atoms with Crippen LogP contribution in [0.5, 0.6) is 5.75 Å². The third-order valence-corrected chi connectivity index (χ3v) is 7.04. The van der Waals surface area contributed by atoms with Crippen molar-refractivity contribution in [3.05, 3.63) is 75.8 Å². The number of rotatable bonds is 1. The van der Waals surface area contributed by atoms with E-state index in [-0.39, 0.29) is 34.9 Å². The molecule has 158 valence electrons. The maximum absolute atomic E-state index is 14.9. The highest BCUT2D eigenvalue weighted by molar-refractivity contribution is 9.10. The Hall–Kier alpha value is -2.58. The van der Waals surface area contributed by atoms with Crippen molar-refractivity contribution in [2.45, 2.75) is 23.8 Å². The molecule has 4 bridgehead atoms. The lowest BCUT2D eigenvalue weighted by atomic mass is 9.91. The highest BCUT2D eigenvalue weighted by atomic mass is 79.9. The number of hydrogen-bond acceptors (Lipinski definition) is 4. The van der Waals surface area contributed by atoms with Crippen LogP contribution in [0, 0.1) is 17.6 Å². The minimum absolute atomic E-state index is 0.0753. The number of aromatic hydroxyl groups is 1. The normalized spacial score (nSPS) is 18.0. The fourth-order valence-electron chi connectivity index (χ4n) is 3.84. The average Bonchev–Trinajstić information content (AvgIpc) is 3.58. The molecule has 31 heavy (non-hydrogen) atoms.